The average Bonchev–Trinajstić information content (AvgIpc) is 2.19. The summed E-state index contributed by atoms with van der Waals surface area (Å²) in [7, 11) is -1.88. The molecule has 0 nitrogen and oxygen atoms in total. The van der Waals surface area contributed by atoms with Gasteiger partial charge in [-0.25, -0.2) is 0 Å². The molecule has 1 heteroatoms. The van der Waals surface area contributed by atoms with Crippen LogP contribution in [-0.2, 0) is 6.04 Å². The Morgan fingerprint density at radius 2 is 1.69 bits per heavy atom. The zero-order chi connectivity index (χ0) is 9.73. The fraction of sp³-hybridized carbons (Fsp3) is 0.167. The zero-order valence-corrected chi connectivity index (χ0v) is 8.75. The molecule has 0 spiro atoms. The van der Waals surface area contributed by atoms with Gasteiger partial charge in [-0.15, -0.1) is 23.9 Å². The van der Waals surface area contributed by atoms with Gasteiger partial charge in [0.1, 0.15) is 0 Å². The molecule has 13 heavy (non-hydrogen) atoms. The topological polar surface area (TPSA) is 0 Å². The summed E-state index contributed by atoms with van der Waals surface area (Å²) in [4.78, 5) is 0. The second-order valence-electron chi connectivity index (χ2n) is 3.28. The van der Waals surface area contributed by atoms with Crippen molar-refractivity contribution in [1.82, 2.24) is 0 Å². The third-order valence-corrected chi connectivity index (χ3v) is 4.43. The Morgan fingerprint density at radius 1 is 1.15 bits per heavy atom. The van der Waals surface area contributed by atoms with E-state index in [1.54, 1.807) is 0 Å². The van der Waals surface area contributed by atoms with Crippen molar-refractivity contribution in [2.24, 2.45) is 0 Å². The summed E-state index contributed by atoms with van der Waals surface area (Å²) < 4.78 is 0. The minimum Gasteiger partial charge on any atom is -0.126 e. The quantitative estimate of drug-likeness (QED) is 0.488. The van der Waals surface area contributed by atoms with E-state index in [1.165, 1.54) is 5.56 Å². The van der Waals surface area contributed by atoms with E-state index in [2.05, 4.69) is 23.2 Å². The van der Waals surface area contributed by atoms with Gasteiger partial charge in [-0.3, -0.25) is 0 Å². The molecule has 1 aromatic carbocycles. The summed E-state index contributed by atoms with van der Waals surface area (Å²) in [6.45, 7) is 2.04. The largest absolute Gasteiger partial charge is 0.217 e. The standard InChI is InChI=1S/C12H12Si/c1-4-13(3,5-2)11-12-9-7-6-8-10-12/h1-2,6-10H,11H2,3H3. The van der Waals surface area contributed by atoms with E-state index in [0.29, 0.717) is 0 Å². The predicted octanol–water partition coefficient (Wildman–Crippen LogP) is 2.19. The van der Waals surface area contributed by atoms with Gasteiger partial charge in [0.2, 0.25) is 8.07 Å². The van der Waals surface area contributed by atoms with Crippen molar-refractivity contribution in [2.45, 2.75) is 12.6 Å². The lowest BCUT2D eigenvalue weighted by molar-refractivity contribution is 1.35. The van der Waals surface area contributed by atoms with Crippen LogP contribution in [0.2, 0.25) is 6.55 Å². The van der Waals surface area contributed by atoms with Crippen LogP contribution in [0.25, 0.3) is 0 Å². The maximum absolute atomic E-state index is 5.43. The summed E-state index contributed by atoms with van der Waals surface area (Å²) in [6.07, 6.45) is 10.9. The molecule has 0 atom stereocenters. The monoisotopic (exact) mass is 184 g/mol. The van der Waals surface area contributed by atoms with Crippen molar-refractivity contribution >= 4 is 8.07 Å². The molecule has 0 heterocycles. The third kappa shape index (κ3) is 2.51. The molecular weight excluding hydrogens is 172 g/mol. The minimum atomic E-state index is -1.88. The lowest BCUT2D eigenvalue weighted by atomic mass is 10.2. The van der Waals surface area contributed by atoms with Crippen LogP contribution in [0.1, 0.15) is 5.56 Å². The van der Waals surface area contributed by atoms with Gasteiger partial charge in [0.05, 0.1) is 0 Å². The number of benzene rings is 1. The van der Waals surface area contributed by atoms with E-state index < -0.39 is 8.07 Å². The van der Waals surface area contributed by atoms with Crippen LogP contribution in [0, 0.1) is 23.9 Å². The molecule has 0 bridgehead atoms. The molecule has 0 radical (unpaired) electrons. The molecule has 64 valence electrons. The lowest BCUT2D eigenvalue weighted by Crippen LogP contribution is -2.30. The van der Waals surface area contributed by atoms with E-state index in [9.17, 15) is 0 Å². The maximum atomic E-state index is 5.43. The van der Waals surface area contributed by atoms with Crippen LogP contribution in [0.4, 0.5) is 0 Å². The van der Waals surface area contributed by atoms with Gasteiger partial charge < -0.3 is 0 Å². The minimum absolute atomic E-state index is 0.876. The molecule has 0 amide bonds. The lowest BCUT2D eigenvalue weighted by Gasteiger charge is -2.12. The molecule has 0 saturated carbocycles. The molecular formula is C12H12Si. The van der Waals surface area contributed by atoms with E-state index in [-0.39, 0.29) is 0 Å². The highest BCUT2D eigenvalue weighted by Crippen LogP contribution is 2.09. The van der Waals surface area contributed by atoms with Crippen molar-refractivity contribution in [3.05, 3.63) is 35.9 Å². The normalized spacial score (nSPS) is 10.1. The molecule has 1 rings (SSSR count). The van der Waals surface area contributed by atoms with Gasteiger partial charge >= 0.3 is 0 Å². The number of rotatable bonds is 2. The Morgan fingerprint density at radius 3 is 2.15 bits per heavy atom. The highest BCUT2D eigenvalue weighted by atomic mass is 28.3. The predicted molar refractivity (Wildman–Crippen MR) is 59.4 cm³/mol. The number of hydrogen-bond donors (Lipinski definition) is 0. The molecule has 0 aliphatic rings. The van der Waals surface area contributed by atoms with Crippen LogP contribution in [0.5, 0.6) is 0 Å². The Bertz CT molecular complexity index is 337. The van der Waals surface area contributed by atoms with Crippen LogP contribution < -0.4 is 0 Å². The first-order valence-corrected chi connectivity index (χ1v) is 6.90. The van der Waals surface area contributed by atoms with Gasteiger partial charge in [-0.05, 0) is 18.2 Å². The Labute approximate surface area is 81.0 Å². The summed E-state index contributed by atoms with van der Waals surface area (Å²) in [5, 5.41) is 0. The second-order valence-corrected chi connectivity index (χ2v) is 6.88. The highest BCUT2D eigenvalue weighted by molar-refractivity contribution is 6.92. The molecule has 0 aromatic heterocycles. The first-order chi connectivity index (χ1) is 6.20. The fourth-order valence-corrected chi connectivity index (χ4v) is 2.49. The summed E-state index contributed by atoms with van der Waals surface area (Å²) in [5.41, 5.74) is 6.80. The molecule has 1 aromatic rings. The summed E-state index contributed by atoms with van der Waals surface area (Å²) in [6, 6.07) is 11.0. The second kappa shape index (κ2) is 3.98. The molecule has 0 N–H and O–H groups in total. The average molecular weight is 184 g/mol. The van der Waals surface area contributed by atoms with Crippen molar-refractivity contribution in [3.63, 3.8) is 0 Å². The van der Waals surface area contributed by atoms with Gasteiger partial charge in [-0.2, -0.15) is 0 Å². The van der Waals surface area contributed by atoms with Crippen LogP contribution >= 0.6 is 0 Å². The van der Waals surface area contributed by atoms with Crippen LogP contribution in [0.3, 0.4) is 0 Å². The highest BCUT2D eigenvalue weighted by Gasteiger charge is 2.21. The van der Waals surface area contributed by atoms with Gasteiger partial charge in [-0.1, -0.05) is 30.3 Å². The smallest absolute Gasteiger partial charge is 0.126 e. The van der Waals surface area contributed by atoms with E-state index in [1.807, 2.05) is 24.7 Å². The van der Waals surface area contributed by atoms with Gasteiger partial charge in [0, 0.05) is 0 Å². The van der Waals surface area contributed by atoms with Crippen LogP contribution in [0.15, 0.2) is 30.3 Å². The zero-order valence-electron chi connectivity index (χ0n) is 7.75. The molecule has 0 aliphatic heterocycles. The van der Waals surface area contributed by atoms with E-state index in [0.717, 1.165) is 6.04 Å². The number of hydrogen-bond acceptors (Lipinski definition) is 0. The van der Waals surface area contributed by atoms with E-state index >= 15 is 0 Å². The van der Waals surface area contributed by atoms with Crippen LogP contribution in [-0.4, -0.2) is 8.07 Å². The molecule has 0 unspecified atom stereocenters. The van der Waals surface area contributed by atoms with E-state index in [4.69, 9.17) is 12.8 Å². The molecule has 0 saturated heterocycles. The summed E-state index contributed by atoms with van der Waals surface area (Å²) in [5.74, 6) is 0. The van der Waals surface area contributed by atoms with Gasteiger partial charge in [0.25, 0.3) is 0 Å². The van der Waals surface area contributed by atoms with Crippen molar-refractivity contribution in [2.75, 3.05) is 0 Å². The maximum Gasteiger partial charge on any atom is 0.217 e. The molecule has 0 aliphatic carbocycles. The first-order valence-electron chi connectivity index (χ1n) is 4.20. The Hall–Kier alpha value is -1.44. The fourth-order valence-electron chi connectivity index (χ4n) is 1.15. The third-order valence-electron chi connectivity index (χ3n) is 2.04. The Balaban J connectivity index is 2.83. The van der Waals surface area contributed by atoms with Crippen molar-refractivity contribution < 1.29 is 0 Å². The molecule has 0 fully saturated rings. The van der Waals surface area contributed by atoms with Crippen molar-refractivity contribution in [1.29, 1.82) is 0 Å². The summed E-state index contributed by atoms with van der Waals surface area (Å²) >= 11 is 0. The SMILES string of the molecule is C#C[Si](C)(C#C)Cc1ccccc1. The number of terminal acetylenes is 2. The Kier molecular flexibility index (Phi) is 2.96. The van der Waals surface area contributed by atoms with Crippen molar-refractivity contribution in [3.8, 4) is 23.9 Å². The first kappa shape index (κ1) is 9.64. The van der Waals surface area contributed by atoms with Gasteiger partial charge in [0.15, 0.2) is 0 Å².